The van der Waals surface area contributed by atoms with Gasteiger partial charge in [0.25, 0.3) is 0 Å². The third kappa shape index (κ3) is 4.97. The predicted molar refractivity (Wildman–Crippen MR) is 87.8 cm³/mol. The van der Waals surface area contributed by atoms with E-state index in [1.54, 1.807) is 11.3 Å². The van der Waals surface area contributed by atoms with Gasteiger partial charge in [-0.1, -0.05) is 0 Å². The number of aromatic nitrogens is 1. The second kappa shape index (κ2) is 7.75. The number of rotatable bonds is 4. The maximum absolute atomic E-state index is 9.57. The van der Waals surface area contributed by atoms with Crippen LogP contribution in [0.3, 0.4) is 0 Å². The highest BCUT2D eigenvalue weighted by atomic mass is 32.1. The van der Waals surface area contributed by atoms with Crippen LogP contribution in [0.25, 0.3) is 0 Å². The summed E-state index contributed by atoms with van der Waals surface area (Å²) in [5.74, 6) is 0.865. The largest absolute Gasteiger partial charge is 0.393 e. The zero-order chi connectivity index (χ0) is 15.2. The van der Waals surface area contributed by atoms with E-state index < -0.39 is 0 Å². The molecule has 1 aromatic heterocycles. The highest BCUT2D eigenvalue weighted by molar-refractivity contribution is 7.11. The van der Waals surface area contributed by atoms with Gasteiger partial charge in [-0.05, 0) is 46.5 Å². The Hall–Kier alpha value is -1.14. The van der Waals surface area contributed by atoms with Gasteiger partial charge >= 0.3 is 0 Å². The van der Waals surface area contributed by atoms with Crippen molar-refractivity contribution in [3.05, 3.63) is 15.6 Å². The molecule has 3 N–H and O–H groups in total. The van der Waals surface area contributed by atoms with Crippen molar-refractivity contribution in [1.29, 1.82) is 0 Å². The average molecular weight is 310 g/mol. The average Bonchev–Trinajstić information content (AvgIpc) is 2.77. The molecule has 0 radical (unpaired) electrons. The summed E-state index contributed by atoms with van der Waals surface area (Å²) in [5, 5.41) is 17.4. The third-order valence-electron chi connectivity index (χ3n) is 3.76. The first-order valence-corrected chi connectivity index (χ1v) is 8.56. The van der Waals surface area contributed by atoms with Gasteiger partial charge < -0.3 is 15.7 Å². The Labute approximate surface area is 130 Å². The molecule has 6 heteroatoms. The first kappa shape index (κ1) is 16.2. The zero-order valence-electron chi connectivity index (χ0n) is 13.1. The van der Waals surface area contributed by atoms with E-state index in [1.807, 2.05) is 13.8 Å². The van der Waals surface area contributed by atoms with Crippen molar-refractivity contribution < 1.29 is 5.11 Å². The fourth-order valence-electron chi connectivity index (χ4n) is 2.60. The van der Waals surface area contributed by atoms with Crippen LogP contribution in [0.4, 0.5) is 0 Å². The highest BCUT2D eigenvalue weighted by Crippen LogP contribution is 2.19. The monoisotopic (exact) mass is 310 g/mol. The number of aryl methyl sites for hydroxylation is 2. The first-order valence-electron chi connectivity index (χ1n) is 7.74. The number of hydrogen-bond donors (Lipinski definition) is 3. The molecule has 1 aliphatic carbocycles. The van der Waals surface area contributed by atoms with Gasteiger partial charge in [0.15, 0.2) is 5.96 Å². The second-order valence-electron chi connectivity index (χ2n) is 5.59. The summed E-state index contributed by atoms with van der Waals surface area (Å²) < 4.78 is 0. The number of guanidine groups is 1. The van der Waals surface area contributed by atoms with E-state index in [0.717, 1.165) is 48.9 Å². The smallest absolute Gasteiger partial charge is 0.191 e. The summed E-state index contributed by atoms with van der Waals surface area (Å²) in [6.07, 6.45) is 3.65. The van der Waals surface area contributed by atoms with Crippen molar-refractivity contribution in [2.75, 3.05) is 6.54 Å². The molecule has 1 fully saturated rings. The fraction of sp³-hybridized carbons (Fsp3) is 0.733. The van der Waals surface area contributed by atoms with Crippen LogP contribution in [0.1, 0.15) is 48.2 Å². The van der Waals surface area contributed by atoms with Gasteiger partial charge in [-0.15, -0.1) is 11.3 Å². The van der Waals surface area contributed by atoms with Crippen LogP contribution in [-0.2, 0) is 6.54 Å². The molecule has 2 rings (SSSR count). The lowest BCUT2D eigenvalue weighted by Crippen LogP contribution is -2.45. The lowest BCUT2D eigenvalue weighted by Gasteiger charge is -2.27. The Morgan fingerprint density at radius 2 is 2.05 bits per heavy atom. The van der Waals surface area contributed by atoms with E-state index in [-0.39, 0.29) is 6.10 Å². The van der Waals surface area contributed by atoms with Gasteiger partial charge in [0.1, 0.15) is 0 Å². The van der Waals surface area contributed by atoms with Crippen molar-refractivity contribution in [3.8, 4) is 0 Å². The van der Waals surface area contributed by atoms with Crippen LogP contribution < -0.4 is 10.6 Å². The summed E-state index contributed by atoms with van der Waals surface area (Å²) in [4.78, 5) is 10.3. The maximum Gasteiger partial charge on any atom is 0.191 e. The molecular weight excluding hydrogens is 284 g/mol. The minimum atomic E-state index is -0.120. The molecule has 1 aromatic rings. The molecule has 0 amide bonds. The summed E-state index contributed by atoms with van der Waals surface area (Å²) >= 11 is 1.71. The van der Waals surface area contributed by atoms with E-state index in [4.69, 9.17) is 0 Å². The van der Waals surface area contributed by atoms with Crippen LogP contribution in [-0.4, -0.2) is 34.7 Å². The number of nitrogens with one attached hydrogen (secondary N) is 2. The maximum atomic E-state index is 9.57. The number of hydrogen-bond acceptors (Lipinski definition) is 4. The SMILES string of the molecule is CCNC(=NCc1sc(C)nc1C)NC1CCC(O)CC1. The van der Waals surface area contributed by atoms with E-state index in [9.17, 15) is 5.11 Å². The number of aliphatic imine (C=N–C) groups is 1. The normalized spacial score (nSPS) is 23.1. The Bertz CT molecular complexity index is 478. The molecule has 21 heavy (non-hydrogen) atoms. The van der Waals surface area contributed by atoms with Crippen molar-refractivity contribution in [2.24, 2.45) is 4.99 Å². The van der Waals surface area contributed by atoms with Crippen molar-refractivity contribution in [3.63, 3.8) is 0 Å². The van der Waals surface area contributed by atoms with Gasteiger partial charge in [0.2, 0.25) is 0 Å². The predicted octanol–water partition coefficient (Wildman–Crippen LogP) is 2.12. The van der Waals surface area contributed by atoms with Crippen LogP contribution >= 0.6 is 11.3 Å². The summed E-state index contributed by atoms with van der Waals surface area (Å²) in [6.45, 7) is 7.66. The van der Waals surface area contributed by atoms with E-state index >= 15 is 0 Å². The molecule has 1 saturated carbocycles. The number of aliphatic hydroxyl groups is 1. The topological polar surface area (TPSA) is 69.5 Å². The lowest BCUT2D eigenvalue weighted by molar-refractivity contribution is 0.120. The Morgan fingerprint density at radius 3 is 2.62 bits per heavy atom. The quantitative estimate of drug-likeness (QED) is 0.588. The van der Waals surface area contributed by atoms with Crippen molar-refractivity contribution in [1.82, 2.24) is 15.6 Å². The van der Waals surface area contributed by atoms with Crippen LogP contribution in [0.15, 0.2) is 4.99 Å². The zero-order valence-corrected chi connectivity index (χ0v) is 14.0. The van der Waals surface area contributed by atoms with Crippen molar-refractivity contribution >= 4 is 17.3 Å². The van der Waals surface area contributed by atoms with Crippen LogP contribution in [0.5, 0.6) is 0 Å². The summed E-state index contributed by atoms with van der Waals surface area (Å²) in [6, 6.07) is 0.412. The fourth-order valence-corrected chi connectivity index (χ4v) is 3.47. The standard InChI is InChI=1S/C15H26N4OS/c1-4-16-15(19-12-5-7-13(20)8-6-12)17-9-14-10(2)18-11(3)21-14/h12-13,20H,4-9H2,1-3H3,(H2,16,17,19). The lowest BCUT2D eigenvalue weighted by atomic mass is 9.93. The van der Waals surface area contributed by atoms with Crippen LogP contribution in [0, 0.1) is 13.8 Å². The van der Waals surface area contributed by atoms with Gasteiger partial charge in [-0.3, -0.25) is 0 Å². The second-order valence-corrected chi connectivity index (χ2v) is 6.87. The molecule has 0 saturated heterocycles. The molecule has 1 heterocycles. The molecule has 0 unspecified atom stereocenters. The molecule has 1 aliphatic rings. The van der Waals surface area contributed by atoms with Gasteiger partial charge in [0.05, 0.1) is 23.4 Å². The summed E-state index contributed by atoms with van der Waals surface area (Å²) in [5.41, 5.74) is 1.08. The minimum absolute atomic E-state index is 0.120. The Morgan fingerprint density at radius 1 is 1.33 bits per heavy atom. The Balaban J connectivity index is 1.94. The number of nitrogens with zero attached hydrogens (tertiary/aromatic N) is 2. The minimum Gasteiger partial charge on any atom is -0.393 e. The van der Waals surface area contributed by atoms with Crippen molar-refractivity contribution in [2.45, 2.75) is 65.1 Å². The van der Waals surface area contributed by atoms with Gasteiger partial charge in [0, 0.05) is 17.5 Å². The van der Waals surface area contributed by atoms with Gasteiger partial charge in [-0.25, -0.2) is 9.98 Å². The molecule has 0 spiro atoms. The molecular formula is C15H26N4OS. The van der Waals surface area contributed by atoms with E-state index in [2.05, 4.69) is 27.5 Å². The van der Waals surface area contributed by atoms with Crippen LogP contribution in [0.2, 0.25) is 0 Å². The highest BCUT2D eigenvalue weighted by Gasteiger charge is 2.20. The Kier molecular flexibility index (Phi) is 5.99. The number of aliphatic hydroxyl groups excluding tert-OH is 1. The first-order chi connectivity index (χ1) is 10.1. The molecule has 0 aromatic carbocycles. The third-order valence-corrected chi connectivity index (χ3v) is 4.82. The molecule has 0 bridgehead atoms. The summed E-state index contributed by atoms with van der Waals surface area (Å²) in [7, 11) is 0. The number of thiazole rings is 1. The van der Waals surface area contributed by atoms with E-state index in [0.29, 0.717) is 12.6 Å². The molecule has 0 aliphatic heterocycles. The molecule has 118 valence electrons. The molecule has 5 nitrogen and oxygen atoms in total. The van der Waals surface area contributed by atoms with E-state index in [1.165, 1.54) is 4.88 Å². The molecule has 0 atom stereocenters. The van der Waals surface area contributed by atoms with Gasteiger partial charge in [-0.2, -0.15) is 0 Å².